The van der Waals surface area contributed by atoms with Crippen LogP contribution in [0.2, 0.25) is 0 Å². The van der Waals surface area contributed by atoms with Gasteiger partial charge in [0.1, 0.15) is 24.3 Å². The smallest absolute Gasteiger partial charge is 0.147 e. The van der Waals surface area contributed by atoms with Gasteiger partial charge in [0.05, 0.1) is 0 Å². The molecule has 7 heteroatoms. The van der Waals surface area contributed by atoms with E-state index in [0.717, 1.165) is 55.0 Å². The zero-order valence-electron chi connectivity index (χ0n) is 21.2. The zero-order chi connectivity index (χ0) is 24.1. The Kier molecular flexibility index (Phi) is 11.5. The van der Waals surface area contributed by atoms with Crippen molar-refractivity contribution in [1.82, 2.24) is 4.90 Å². The Labute approximate surface area is 226 Å². The minimum atomic E-state index is -1.02. The number of hydrogen-bond acceptors (Lipinski definition) is 3. The molecule has 1 aliphatic heterocycles. The third-order valence-corrected chi connectivity index (χ3v) is 6.64. The van der Waals surface area contributed by atoms with Crippen LogP contribution in [0.25, 0.3) is 0 Å². The van der Waals surface area contributed by atoms with Gasteiger partial charge in [0.2, 0.25) is 0 Å². The lowest BCUT2D eigenvalue weighted by Gasteiger charge is -2.36. The van der Waals surface area contributed by atoms with Gasteiger partial charge in [-0.3, -0.25) is 4.90 Å². The second-order valence-corrected chi connectivity index (χ2v) is 9.37. The van der Waals surface area contributed by atoms with Gasteiger partial charge in [0.25, 0.3) is 0 Å². The number of aryl methyl sites for hydroxylation is 2. The van der Waals surface area contributed by atoms with E-state index in [0.29, 0.717) is 6.54 Å². The highest BCUT2D eigenvalue weighted by molar-refractivity contribution is 5.85. The Bertz CT molecular complexity index is 1090. The van der Waals surface area contributed by atoms with Crippen molar-refractivity contribution in [3.63, 3.8) is 0 Å². The van der Waals surface area contributed by atoms with E-state index in [-0.39, 0.29) is 37.2 Å². The second-order valence-electron chi connectivity index (χ2n) is 9.37. The summed E-state index contributed by atoms with van der Waals surface area (Å²) in [4.78, 5) is 4.53. The molecule has 3 aromatic rings. The molecule has 4 rings (SSSR count). The number of nitrogens with zero attached hydrogens (tertiary/aromatic N) is 2. The normalized spacial score (nSPS) is 14.5. The lowest BCUT2D eigenvalue weighted by Crippen LogP contribution is -2.48. The maximum absolute atomic E-state index is 14.7. The van der Waals surface area contributed by atoms with Crippen molar-refractivity contribution < 1.29 is 13.5 Å². The Hall–Kier alpha value is -2.34. The van der Waals surface area contributed by atoms with Crippen LogP contribution in [-0.4, -0.2) is 50.4 Å². The van der Waals surface area contributed by atoms with Gasteiger partial charge in [0.15, 0.2) is 0 Å². The van der Waals surface area contributed by atoms with Crippen LogP contribution in [-0.2, 0) is 6.42 Å². The Morgan fingerprint density at radius 3 is 2.03 bits per heavy atom. The molecule has 1 unspecified atom stereocenters. The number of halogens is 4. The quantitative estimate of drug-likeness (QED) is 0.317. The highest BCUT2D eigenvalue weighted by Crippen LogP contribution is 2.24. The van der Waals surface area contributed by atoms with Crippen LogP contribution in [0.3, 0.4) is 0 Å². The van der Waals surface area contributed by atoms with E-state index in [1.807, 2.05) is 32.0 Å². The SMILES string of the molecule is Cc1cc(C)c(C)c(OCC(F)CN2CCN(c3ccc(Cc4ccc(F)cc4)cc3)CC2)c1.Cl.Cl. The minimum absolute atomic E-state index is 0. The number of ether oxygens (including phenoxy) is 1. The molecule has 0 bridgehead atoms. The van der Waals surface area contributed by atoms with Gasteiger partial charge < -0.3 is 9.64 Å². The summed E-state index contributed by atoms with van der Waals surface area (Å²) >= 11 is 0. The topological polar surface area (TPSA) is 15.7 Å². The van der Waals surface area contributed by atoms with Crippen molar-refractivity contribution in [3.8, 4) is 5.75 Å². The van der Waals surface area contributed by atoms with Gasteiger partial charge in [-0.2, -0.15) is 0 Å². The molecule has 196 valence electrons. The predicted molar refractivity (Wildman–Crippen MR) is 150 cm³/mol. The third-order valence-electron chi connectivity index (χ3n) is 6.64. The average Bonchev–Trinajstić information content (AvgIpc) is 2.83. The van der Waals surface area contributed by atoms with Gasteiger partial charge in [0, 0.05) is 38.4 Å². The first-order valence-electron chi connectivity index (χ1n) is 12.0. The van der Waals surface area contributed by atoms with Crippen molar-refractivity contribution >= 4 is 30.5 Å². The molecule has 3 aromatic carbocycles. The molecule has 0 aliphatic carbocycles. The van der Waals surface area contributed by atoms with Gasteiger partial charge >= 0.3 is 0 Å². The van der Waals surface area contributed by atoms with Crippen molar-refractivity contribution in [2.24, 2.45) is 0 Å². The summed E-state index contributed by atoms with van der Waals surface area (Å²) in [5, 5.41) is 0. The fourth-order valence-corrected chi connectivity index (χ4v) is 4.52. The molecule has 1 saturated heterocycles. The lowest BCUT2D eigenvalue weighted by molar-refractivity contribution is 0.133. The molecular weight excluding hydrogens is 501 g/mol. The standard InChI is InChI=1S/C29H34F2N2O.2ClH/c1-21-16-22(2)23(3)29(17-21)34-20-27(31)19-32-12-14-33(15-13-32)28-10-6-25(7-11-28)18-24-4-8-26(30)9-5-24;;/h4-11,16-17,27H,12-15,18-20H2,1-3H3;2*1H. The number of rotatable bonds is 8. The first-order valence-corrected chi connectivity index (χ1v) is 12.0. The fraction of sp³-hybridized carbons (Fsp3) is 0.379. The van der Waals surface area contributed by atoms with Crippen molar-refractivity contribution in [2.45, 2.75) is 33.4 Å². The van der Waals surface area contributed by atoms with Crippen LogP contribution >= 0.6 is 24.8 Å². The predicted octanol–water partition coefficient (Wildman–Crippen LogP) is 6.72. The van der Waals surface area contributed by atoms with Gasteiger partial charge in [-0.25, -0.2) is 8.78 Å². The van der Waals surface area contributed by atoms with Crippen molar-refractivity contribution in [1.29, 1.82) is 0 Å². The van der Waals surface area contributed by atoms with Crippen LogP contribution in [0.1, 0.15) is 27.8 Å². The fourth-order valence-electron chi connectivity index (χ4n) is 4.52. The summed E-state index contributed by atoms with van der Waals surface area (Å²) < 4.78 is 33.6. The number of alkyl halides is 1. The summed E-state index contributed by atoms with van der Waals surface area (Å²) in [5.41, 5.74) is 6.87. The molecule has 1 atom stereocenters. The number of hydrogen-bond donors (Lipinski definition) is 0. The van der Waals surface area contributed by atoms with E-state index in [4.69, 9.17) is 4.74 Å². The van der Waals surface area contributed by atoms with E-state index >= 15 is 0 Å². The molecule has 36 heavy (non-hydrogen) atoms. The molecule has 0 amide bonds. The minimum Gasteiger partial charge on any atom is -0.490 e. The summed E-state index contributed by atoms with van der Waals surface area (Å²) in [5.74, 6) is 0.578. The summed E-state index contributed by atoms with van der Waals surface area (Å²) in [6.45, 7) is 10.0. The number of benzene rings is 3. The van der Waals surface area contributed by atoms with E-state index in [2.05, 4.69) is 47.1 Å². The van der Waals surface area contributed by atoms with Gasteiger partial charge in [-0.1, -0.05) is 30.3 Å². The average molecular weight is 538 g/mol. The van der Waals surface area contributed by atoms with Crippen molar-refractivity contribution in [3.05, 3.63) is 94.3 Å². The molecule has 3 nitrogen and oxygen atoms in total. The molecule has 0 aromatic heterocycles. The third kappa shape index (κ3) is 8.09. The van der Waals surface area contributed by atoms with Gasteiger partial charge in [-0.05, 0) is 85.3 Å². The summed E-state index contributed by atoms with van der Waals surface area (Å²) in [6, 6.07) is 19.3. The molecule has 0 N–H and O–H groups in total. The second kappa shape index (κ2) is 13.8. The summed E-state index contributed by atoms with van der Waals surface area (Å²) in [7, 11) is 0. The summed E-state index contributed by atoms with van der Waals surface area (Å²) in [6.07, 6.45) is -0.229. The Morgan fingerprint density at radius 2 is 1.42 bits per heavy atom. The molecule has 1 fully saturated rings. The zero-order valence-corrected chi connectivity index (χ0v) is 22.8. The van der Waals surface area contributed by atoms with Gasteiger partial charge in [-0.15, -0.1) is 24.8 Å². The molecule has 1 aliphatic rings. The Morgan fingerprint density at radius 1 is 0.833 bits per heavy atom. The first kappa shape index (κ1) is 29.9. The van der Waals surface area contributed by atoms with Crippen LogP contribution in [0.5, 0.6) is 5.75 Å². The molecule has 0 spiro atoms. The van der Waals surface area contributed by atoms with Crippen molar-refractivity contribution in [2.75, 3.05) is 44.2 Å². The monoisotopic (exact) mass is 536 g/mol. The lowest BCUT2D eigenvalue weighted by atomic mass is 10.0. The Balaban J connectivity index is 0.00000228. The number of piperazine rings is 1. The van der Waals surface area contributed by atoms with Crippen LogP contribution in [0.15, 0.2) is 60.7 Å². The van der Waals surface area contributed by atoms with Crippen LogP contribution in [0.4, 0.5) is 14.5 Å². The maximum Gasteiger partial charge on any atom is 0.147 e. The largest absolute Gasteiger partial charge is 0.490 e. The van der Waals surface area contributed by atoms with E-state index in [9.17, 15) is 8.78 Å². The van der Waals surface area contributed by atoms with E-state index in [1.54, 1.807) is 0 Å². The van der Waals surface area contributed by atoms with E-state index in [1.165, 1.54) is 28.9 Å². The molecule has 0 radical (unpaired) electrons. The highest BCUT2D eigenvalue weighted by Gasteiger charge is 2.21. The van der Waals surface area contributed by atoms with Crippen LogP contribution < -0.4 is 9.64 Å². The maximum atomic E-state index is 14.7. The molecule has 1 heterocycles. The molecule has 0 saturated carbocycles. The highest BCUT2D eigenvalue weighted by atomic mass is 35.5. The van der Waals surface area contributed by atoms with E-state index < -0.39 is 6.17 Å². The molecular formula is C29H36Cl2F2N2O. The first-order chi connectivity index (χ1) is 16.4. The number of anilines is 1. The van der Waals surface area contributed by atoms with Crippen LogP contribution in [0, 0.1) is 26.6 Å².